The van der Waals surface area contributed by atoms with Crippen LogP contribution in [0, 0.1) is 11.8 Å². The van der Waals surface area contributed by atoms with Gasteiger partial charge in [-0.2, -0.15) is 0 Å². The molecular weight excluding hydrogens is 150 g/mol. The van der Waals surface area contributed by atoms with Crippen LogP contribution in [0.3, 0.4) is 0 Å². The van der Waals surface area contributed by atoms with E-state index in [9.17, 15) is 4.79 Å². The van der Waals surface area contributed by atoms with Gasteiger partial charge in [0.2, 0.25) is 5.91 Å². The third-order valence-corrected chi connectivity index (χ3v) is 2.07. The molecule has 0 rings (SSSR count). The van der Waals surface area contributed by atoms with Gasteiger partial charge in [-0.15, -0.1) is 6.58 Å². The fourth-order valence-electron chi connectivity index (χ4n) is 1.25. The minimum Gasteiger partial charge on any atom is -0.359 e. The van der Waals surface area contributed by atoms with E-state index in [-0.39, 0.29) is 11.8 Å². The molecule has 12 heavy (non-hydrogen) atoms. The highest BCUT2D eigenvalue weighted by Gasteiger charge is 2.19. The lowest BCUT2D eigenvalue weighted by atomic mass is 9.90. The lowest BCUT2D eigenvalue weighted by Gasteiger charge is -2.17. The fourth-order valence-corrected chi connectivity index (χ4v) is 1.25. The maximum absolute atomic E-state index is 11.3. The number of rotatable bonds is 5. The summed E-state index contributed by atoms with van der Waals surface area (Å²) in [6, 6.07) is 0. The van der Waals surface area contributed by atoms with Crippen molar-refractivity contribution in [2.45, 2.75) is 26.7 Å². The van der Waals surface area contributed by atoms with Gasteiger partial charge in [-0.1, -0.05) is 19.9 Å². The van der Waals surface area contributed by atoms with Crippen molar-refractivity contribution in [3.63, 3.8) is 0 Å². The smallest absolute Gasteiger partial charge is 0.223 e. The van der Waals surface area contributed by atoms with E-state index in [1.54, 1.807) is 7.05 Å². The zero-order valence-corrected chi connectivity index (χ0v) is 8.26. The van der Waals surface area contributed by atoms with Gasteiger partial charge in [-0.05, 0) is 18.8 Å². The molecule has 1 N–H and O–H groups in total. The first-order chi connectivity index (χ1) is 5.63. The quantitative estimate of drug-likeness (QED) is 0.626. The molecule has 2 heteroatoms. The van der Waals surface area contributed by atoms with Gasteiger partial charge in [-0.25, -0.2) is 0 Å². The Labute approximate surface area is 75.0 Å². The zero-order valence-electron chi connectivity index (χ0n) is 8.26. The summed E-state index contributed by atoms with van der Waals surface area (Å²) in [4.78, 5) is 11.3. The molecule has 0 saturated heterocycles. The second kappa shape index (κ2) is 5.81. The summed E-state index contributed by atoms with van der Waals surface area (Å²) in [5.41, 5.74) is 0. The highest BCUT2D eigenvalue weighted by Crippen LogP contribution is 2.17. The first-order valence-electron chi connectivity index (χ1n) is 4.46. The second-order valence-electron chi connectivity index (χ2n) is 3.33. The summed E-state index contributed by atoms with van der Waals surface area (Å²) < 4.78 is 0. The van der Waals surface area contributed by atoms with Gasteiger partial charge < -0.3 is 5.32 Å². The van der Waals surface area contributed by atoms with Crippen molar-refractivity contribution in [1.82, 2.24) is 5.32 Å². The highest BCUT2D eigenvalue weighted by molar-refractivity contribution is 5.78. The van der Waals surface area contributed by atoms with Crippen LogP contribution in [0.2, 0.25) is 0 Å². The second-order valence-corrected chi connectivity index (χ2v) is 3.33. The molecule has 0 aromatic rings. The van der Waals surface area contributed by atoms with Crippen molar-refractivity contribution in [2.75, 3.05) is 7.05 Å². The summed E-state index contributed by atoms with van der Waals surface area (Å²) in [5.74, 6) is 0.685. The Hall–Kier alpha value is -0.790. The molecule has 0 aliphatic heterocycles. The molecule has 0 spiro atoms. The molecule has 1 unspecified atom stereocenters. The van der Waals surface area contributed by atoms with Crippen LogP contribution < -0.4 is 5.32 Å². The van der Waals surface area contributed by atoms with Crippen LogP contribution >= 0.6 is 0 Å². The minimum atomic E-state index is 0.132. The summed E-state index contributed by atoms with van der Waals surface area (Å²) in [6.07, 6.45) is 3.68. The molecule has 0 saturated carbocycles. The molecule has 0 aliphatic carbocycles. The summed E-state index contributed by atoms with van der Waals surface area (Å²) in [6.45, 7) is 7.79. The zero-order chi connectivity index (χ0) is 9.56. The Morgan fingerprint density at radius 3 is 2.50 bits per heavy atom. The SMILES string of the molecule is C=CCCC(C(=O)NC)C(C)C. The predicted molar refractivity (Wildman–Crippen MR) is 51.8 cm³/mol. The van der Waals surface area contributed by atoms with Crippen molar-refractivity contribution in [2.24, 2.45) is 11.8 Å². The summed E-state index contributed by atoms with van der Waals surface area (Å²) in [7, 11) is 1.69. The van der Waals surface area contributed by atoms with Crippen LogP contribution in [0.15, 0.2) is 12.7 Å². The van der Waals surface area contributed by atoms with Crippen molar-refractivity contribution in [1.29, 1.82) is 0 Å². The van der Waals surface area contributed by atoms with Gasteiger partial charge in [0, 0.05) is 13.0 Å². The van der Waals surface area contributed by atoms with E-state index in [1.807, 2.05) is 6.08 Å². The molecule has 0 bridgehead atoms. The number of allylic oxidation sites excluding steroid dienone is 1. The first-order valence-corrected chi connectivity index (χ1v) is 4.46. The standard InChI is InChI=1S/C10H19NO/c1-5-6-7-9(8(2)3)10(12)11-4/h5,8-9H,1,6-7H2,2-4H3,(H,11,12). The number of amides is 1. The van der Waals surface area contributed by atoms with E-state index in [4.69, 9.17) is 0 Å². The molecule has 1 atom stereocenters. The third kappa shape index (κ3) is 3.56. The number of hydrogen-bond donors (Lipinski definition) is 1. The number of carbonyl (C=O) groups is 1. The molecule has 0 aromatic heterocycles. The van der Waals surface area contributed by atoms with Crippen LogP contribution in [0.4, 0.5) is 0 Å². The van der Waals surface area contributed by atoms with Crippen molar-refractivity contribution in [3.05, 3.63) is 12.7 Å². The molecule has 1 amide bonds. The van der Waals surface area contributed by atoms with Crippen LogP contribution in [-0.2, 0) is 4.79 Å². The Kier molecular flexibility index (Phi) is 5.43. The normalized spacial score (nSPS) is 12.7. The van der Waals surface area contributed by atoms with Gasteiger partial charge in [0.15, 0.2) is 0 Å². The molecule has 0 aliphatic rings. The van der Waals surface area contributed by atoms with Gasteiger partial charge in [0.05, 0.1) is 0 Å². The number of nitrogens with one attached hydrogen (secondary N) is 1. The Morgan fingerprint density at radius 2 is 2.17 bits per heavy atom. The maximum atomic E-state index is 11.3. The van der Waals surface area contributed by atoms with Gasteiger partial charge >= 0.3 is 0 Å². The topological polar surface area (TPSA) is 29.1 Å². The fraction of sp³-hybridized carbons (Fsp3) is 0.700. The van der Waals surface area contributed by atoms with Crippen molar-refractivity contribution < 1.29 is 4.79 Å². The Balaban J connectivity index is 4.03. The average Bonchev–Trinajstić information content (AvgIpc) is 2.04. The van der Waals surface area contributed by atoms with Crippen LogP contribution in [-0.4, -0.2) is 13.0 Å². The van der Waals surface area contributed by atoms with Crippen LogP contribution in [0.25, 0.3) is 0 Å². The molecule has 0 heterocycles. The molecule has 0 aromatic carbocycles. The van der Waals surface area contributed by atoms with E-state index in [0.29, 0.717) is 5.92 Å². The number of carbonyl (C=O) groups excluding carboxylic acids is 1. The Morgan fingerprint density at radius 1 is 1.58 bits per heavy atom. The summed E-state index contributed by atoms with van der Waals surface area (Å²) >= 11 is 0. The molecular formula is C10H19NO. The molecule has 2 nitrogen and oxygen atoms in total. The van der Waals surface area contributed by atoms with E-state index in [2.05, 4.69) is 25.7 Å². The lowest BCUT2D eigenvalue weighted by Crippen LogP contribution is -2.30. The van der Waals surface area contributed by atoms with E-state index in [0.717, 1.165) is 12.8 Å². The summed E-state index contributed by atoms with van der Waals surface area (Å²) in [5, 5.41) is 2.68. The van der Waals surface area contributed by atoms with E-state index < -0.39 is 0 Å². The van der Waals surface area contributed by atoms with Crippen molar-refractivity contribution >= 4 is 5.91 Å². The van der Waals surface area contributed by atoms with Gasteiger partial charge in [0.1, 0.15) is 0 Å². The molecule has 70 valence electrons. The molecule has 0 radical (unpaired) electrons. The third-order valence-electron chi connectivity index (χ3n) is 2.07. The highest BCUT2D eigenvalue weighted by atomic mass is 16.1. The van der Waals surface area contributed by atoms with Crippen molar-refractivity contribution in [3.8, 4) is 0 Å². The maximum Gasteiger partial charge on any atom is 0.223 e. The Bertz CT molecular complexity index is 152. The molecule has 0 fully saturated rings. The van der Waals surface area contributed by atoms with Gasteiger partial charge in [-0.3, -0.25) is 4.79 Å². The first kappa shape index (κ1) is 11.2. The van der Waals surface area contributed by atoms with E-state index in [1.165, 1.54) is 0 Å². The van der Waals surface area contributed by atoms with Crippen LogP contribution in [0.5, 0.6) is 0 Å². The van der Waals surface area contributed by atoms with E-state index >= 15 is 0 Å². The predicted octanol–water partition coefficient (Wildman–Crippen LogP) is 1.97. The van der Waals surface area contributed by atoms with Gasteiger partial charge in [0.25, 0.3) is 0 Å². The minimum absolute atomic E-state index is 0.132. The number of hydrogen-bond acceptors (Lipinski definition) is 1. The lowest BCUT2D eigenvalue weighted by molar-refractivity contribution is -0.126. The monoisotopic (exact) mass is 169 g/mol. The van der Waals surface area contributed by atoms with Crippen LogP contribution in [0.1, 0.15) is 26.7 Å². The average molecular weight is 169 g/mol. The largest absolute Gasteiger partial charge is 0.359 e.